The summed E-state index contributed by atoms with van der Waals surface area (Å²) >= 11 is 0. The van der Waals surface area contributed by atoms with E-state index in [-0.39, 0.29) is 24.8 Å². The highest BCUT2D eigenvalue weighted by Gasteiger charge is 1.90. The van der Waals surface area contributed by atoms with Crippen molar-refractivity contribution in [1.82, 2.24) is 10.6 Å². The molecular formula is C12H22Cl2N2. The average molecular weight is 265 g/mol. The molecule has 1 rings (SSSR count). The lowest BCUT2D eigenvalue weighted by Gasteiger charge is -2.04. The molecule has 0 saturated heterocycles. The van der Waals surface area contributed by atoms with Crippen LogP contribution in [0.2, 0.25) is 0 Å². The molecule has 0 unspecified atom stereocenters. The van der Waals surface area contributed by atoms with E-state index in [0.29, 0.717) is 0 Å². The molecule has 0 amide bonds. The minimum Gasteiger partial charge on any atom is -0.317 e. The Hall–Kier alpha value is -0.280. The lowest BCUT2D eigenvalue weighted by Crippen LogP contribution is -2.21. The Morgan fingerprint density at radius 3 is 2.19 bits per heavy atom. The number of rotatable bonds is 7. The molecule has 0 saturated carbocycles. The molecule has 94 valence electrons. The zero-order valence-corrected chi connectivity index (χ0v) is 11.4. The number of benzene rings is 1. The highest BCUT2D eigenvalue weighted by molar-refractivity contribution is 5.85. The third-order valence-electron chi connectivity index (χ3n) is 2.13. The van der Waals surface area contributed by atoms with Gasteiger partial charge in [0.15, 0.2) is 0 Å². The maximum atomic E-state index is 3.42. The second-order valence-electron chi connectivity index (χ2n) is 3.37. The van der Waals surface area contributed by atoms with Crippen molar-refractivity contribution in [2.45, 2.75) is 19.9 Å². The fourth-order valence-electron chi connectivity index (χ4n) is 1.34. The van der Waals surface area contributed by atoms with Crippen LogP contribution in [0.4, 0.5) is 0 Å². The van der Waals surface area contributed by atoms with Gasteiger partial charge < -0.3 is 10.6 Å². The van der Waals surface area contributed by atoms with Crippen LogP contribution in [0.3, 0.4) is 0 Å². The smallest absolute Gasteiger partial charge is 0.0205 e. The van der Waals surface area contributed by atoms with Crippen LogP contribution in [0.5, 0.6) is 0 Å². The van der Waals surface area contributed by atoms with Gasteiger partial charge in [0.2, 0.25) is 0 Å². The van der Waals surface area contributed by atoms with Crippen molar-refractivity contribution in [3.8, 4) is 0 Å². The Labute approximate surface area is 111 Å². The molecule has 0 aliphatic rings. The second kappa shape index (κ2) is 12.8. The van der Waals surface area contributed by atoms with Crippen LogP contribution >= 0.6 is 24.8 Å². The summed E-state index contributed by atoms with van der Waals surface area (Å²) in [6.07, 6.45) is 1.20. The second-order valence-corrected chi connectivity index (χ2v) is 3.37. The first-order valence-corrected chi connectivity index (χ1v) is 5.39. The Kier molecular flexibility index (Phi) is 14.5. The van der Waals surface area contributed by atoms with E-state index in [2.05, 4.69) is 47.9 Å². The summed E-state index contributed by atoms with van der Waals surface area (Å²) in [5, 5.41) is 6.73. The molecule has 0 aliphatic carbocycles. The van der Waals surface area contributed by atoms with Gasteiger partial charge in [-0.1, -0.05) is 37.3 Å². The lowest BCUT2D eigenvalue weighted by molar-refractivity contribution is 0.606. The maximum Gasteiger partial charge on any atom is 0.0205 e. The number of hydrogen-bond donors (Lipinski definition) is 2. The summed E-state index contributed by atoms with van der Waals surface area (Å²) in [4.78, 5) is 0. The topological polar surface area (TPSA) is 24.1 Å². The molecule has 0 radical (unpaired) electrons. The minimum atomic E-state index is 0. The van der Waals surface area contributed by atoms with E-state index in [9.17, 15) is 0 Å². The van der Waals surface area contributed by atoms with Gasteiger partial charge in [-0.3, -0.25) is 0 Å². The SMILES string of the molecule is CCNCCCNCc1ccccc1.Cl.Cl. The van der Waals surface area contributed by atoms with E-state index >= 15 is 0 Å². The summed E-state index contributed by atoms with van der Waals surface area (Å²) in [6.45, 7) is 6.38. The van der Waals surface area contributed by atoms with Crippen LogP contribution in [0.1, 0.15) is 18.9 Å². The van der Waals surface area contributed by atoms with E-state index < -0.39 is 0 Å². The number of halogens is 2. The van der Waals surface area contributed by atoms with Crippen LogP contribution in [0, 0.1) is 0 Å². The molecule has 4 heteroatoms. The van der Waals surface area contributed by atoms with E-state index in [1.54, 1.807) is 0 Å². The van der Waals surface area contributed by atoms with E-state index in [0.717, 1.165) is 26.2 Å². The van der Waals surface area contributed by atoms with Crippen molar-refractivity contribution in [2.75, 3.05) is 19.6 Å². The molecule has 2 nitrogen and oxygen atoms in total. The molecule has 0 spiro atoms. The summed E-state index contributed by atoms with van der Waals surface area (Å²) in [5.41, 5.74) is 1.36. The van der Waals surface area contributed by atoms with E-state index in [1.165, 1.54) is 12.0 Å². The van der Waals surface area contributed by atoms with E-state index in [1.807, 2.05) is 0 Å². The van der Waals surface area contributed by atoms with Gasteiger partial charge in [-0.15, -0.1) is 24.8 Å². The predicted octanol–water partition coefficient (Wildman–Crippen LogP) is 2.62. The Morgan fingerprint density at radius 1 is 0.938 bits per heavy atom. The minimum absolute atomic E-state index is 0. The van der Waals surface area contributed by atoms with Gasteiger partial charge >= 0.3 is 0 Å². The summed E-state index contributed by atoms with van der Waals surface area (Å²) in [6, 6.07) is 10.5. The van der Waals surface area contributed by atoms with Crippen LogP contribution in [-0.2, 0) is 6.54 Å². The average Bonchev–Trinajstić information content (AvgIpc) is 2.25. The molecule has 0 atom stereocenters. The molecular weight excluding hydrogens is 243 g/mol. The maximum absolute atomic E-state index is 3.42. The fraction of sp³-hybridized carbons (Fsp3) is 0.500. The van der Waals surface area contributed by atoms with Crippen LogP contribution in [-0.4, -0.2) is 19.6 Å². The molecule has 0 bridgehead atoms. The fourth-order valence-corrected chi connectivity index (χ4v) is 1.34. The van der Waals surface area contributed by atoms with Crippen LogP contribution < -0.4 is 10.6 Å². The quantitative estimate of drug-likeness (QED) is 0.740. The van der Waals surface area contributed by atoms with Crippen molar-refractivity contribution < 1.29 is 0 Å². The highest BCUT2D eigenvalue weighted by Crippen LogP contribution is 1.96. The molecule has 1 aromatic rings. The molecule has 0 heterocycles. The van der Waals surface area contributed by atoms with Gasteiger partial charge in [-0.25, -0.2) is 0 Å². The molecule has 0 aliphatic heterocycles. The first-order chi connectivity index (χ1) is 6.93. The van der Waals surface area contributed by atoms with Crippen LogP contribution in [0.25, 0.3) is 0 Å². The van der Waals surface area contributed by atoms with Crippen molar-refractivity contribution in [1.29, 1.82) is 0 Å². The molecule has 16 heavy (non-hydrogen) atoms. The lowest BCUT2D eigenvalue weighted by atomic mass is 10.2. The van der Waals surface area contributed by atoms with Gasteiger partial charge in [-0.05, 0) is 31.6 Å². The molecule has 0 fully saturated rings. The van der Waals surface area contributed by atoms with Gasteiger partial charge in [0.1, 0.15) is 0 Å². The Balaban J connectivity index is 0. The Bertz CT molecular complexity index is 230. The number of hydrogen-bond acceptors (Lipinski definition) is 2. The Morgan fingerprint density at radius 2 is 1.56 bits per heavy atom. The standard InChI is InChI=1S/C12H20N2.2ClH/c1-2-13-9-6-10-14-11-12-7-4-3-5-8-12;;/h3-5,7-8,13-14H,2,6,9-11H2,1H3;2*1H. The zero-order chi connectivity index (χ0) is 10.1. The monoisotopic (exact) mass is 264 g/mol. The van der Waals surface area contributed by atoms with Crippen LogP contribution in [0.15, 0.2) is 30.3 Å². The third-order valence-corrected chi connectivity index (χ3v) is 2.13. The highest BCUT2D eigenvalue weighted by atomic mass is 35.5. The normalized spacial score (nSPS) is 9.06. The van der Waals surface area contributed by atoms with Gasteiger partial charge in [0.25, 0.3) is 0 Å². The predicted molar refractivity (Wildman–Crippen MR) is 75.8 cm³/mol. The van der Waals surface area contributed by atoms with Gasteiger partial charge in [-0.2, -0.15) is 0 Å². The largest absolute Gasteiger partial charge is 0.317 e. The van der Waals surface area contributed by atoms with E-state index in [4.69, 9.17) is 0 Å². The van der Waals surface area contributed by atoms with Crippen molar-refractivity contribution in [3.63, 3.8) is 0 Å². The summed E-state index contributed by atoms with van der Waals surface area (Å²) in [5.74, 6) is 0. The molecule has 1 aromatic carbocycles. The van der Waals surface area contributed by atoms with Gasteiger partial charge in [0, 0.05) is 6.54 Å². The number of nitrogens with one attached hydrogen (secondary N) is 2. The first-order valence-electron chi connectivity index (χ1n) is 5.39. The third kappa shape index (κ3) is 8.98. The zero-order valence-electron chi connectivity index (χ0n) is 9.74. The van der Waals surface area contributed by atoms with Crippen molar-refractivity contribution >= 4 is 24.8 Å². The summed E-state index contributed by atoms with van der Waals surface area (Å²) < 4.78 is 0. The van der Waals surface area contributed by atoms with Crippen molar-refractivity contribution in [3.05, 3.63) is 35.9 Å². The van der Waals surface area contributed by atoms with Crippen molar-refractivity contribution in [2.24, 2.45) is 0 Å². The van der Waals surface area contributed by atoms with Gasteiger partial charge in [0.05, 0.1) is 0 Å². The molecule has 0 aromatic heterocycles. The summed E-state index contributed by atoms with van der Waals surface area (Å²) in [7, 11) is 0. The molecule has 2 N–H and O–H groups in total. The first kappa shape index (κ1) is 18.1.